The Kier molecular flexibility index (Phi) is 4.11. The summed E-state index contributed by atoms with van der Waals surface area (Å²) in [4.78, 5) is 11.2. The molecule has 0 radical (unpaired) electrons. The molecule has 1 heterocycles. The fourth-order valence-corrected chi connectivity index (χ4v) is 2.03. The van der Waals surface area contributed by atoms with Gasteiger partial charge >= 0.3 is 0 Å². The molecule has 2 rings (SSSR count). The van der Waals surface area contributed by atoms with Crippen molar-refractivity contribution in [3.05, 3.63) is 59.0 Å². The molecule has 0 aliphatic heterocycles. The normalized spacial score (nSPS) is 10.6. The van der Waals surface area contributed by atoms with Gasteiger partial charge in [-0.1, -0.05) is 47.7 Å². The quantitative estimate of drug-likeness (QED) is 0.750. The van der Waals surface area contributed by atoms with Crippen LogP contribution in [0.3, 0.4) is 0 Å². The van der Waals surface area contributed by atoms with Crippen molar-refractivity contribution in [3.63, 3.8) is 0 Å². The van der Waals surface area contributed by atoms with Crippen LogP contribution < -0.4 is 4.74 Å². The number of carbonyl (C=O) groups excluding carboxylic acids is 1. The average Bonchev–Trinajstić information content (AvgIpc) is 2.84. The number of carbonyl (C=O) groups is 1. The summed E-state index contributed by atoms with van der Waals surface area (Å²) in [6.45, 7) is 0.508. The van der Waals surface area contributed by atoms with Gasteiger partial charge in [0.1, 0.15) is 6.61 Å². The molecule has 0 aliphatic carbocycles. The van der Waals surface area contributed by atoms with Crippen molar-refractivity contribution in [1.82, 2.24) is 0 Å². The number of hydrogen-bond donors (Lipinski definition) is 0. The Hall–Kier alpha value is -1.87. The van der Waals surface area contributed by atoms with Crippen LogP contribution >= 0.6 is 11.3 Å². The van der Waals surface area contributed by atoms with Crippen LogP contribution in [0.5, 0.6) is 5.06 Å². The second kappa shape index (κ2) is 6.01. The van der Waals surface area contributed by atoms with Crippen LogP contribution in [-0.4, -0.2) is 12.9 Å². The fraction of sp³-hybridized carbons (Fsp3) is 0.0714. The Morgan fingerprint density at radius 2 is 1.94 bits per heavy atom. The van der Waals surface area contributed by atoms with Gasteiger partial charge in [-0.2, -0.15) is 0 Å². The summed E-state index contributed by atoms with van der Waals surface area (Å²) in [6.07, 6.45) is 4.79. The van der Waals surface area contributed by atoms with Crippen LogP contribution in [0.4, 0.5) is 0 Å². The first-order valence-electron chi connectivity index (χ1n) is 5.28. The van der Waals surface area contributed by atoms with E-state index < -0.39 is 0 Å². The van der Waals surface area contributed by atoms with Crippen molar-refractivity contribution in [2.24, 2.45) is 0 Å². The number of benzene rings is 1. The molecule has 0 unspecified atom stereocenters. The lowest BCUT2D eigenvalue weighted by atomic mass is 10.2. The third-order valence-electron chi connectivity index (χ3n) is 2.15. The molecule has 1 aromatic heterocycles. The van der Waals surface area contributed by atoms with Crippen LogP contribution in [0.15, 0.2) is 48.5 Å². The lowest BCUT2D eigenvalue weighted by Gasteiger charge is -1.97. The Balaban J connectivity index is 1.83. The molecule has 1 aromatic carbocycles. The molecule has 0 aliphatic rings. The highest BCUT2D eigenvalue weighted by Crippen LogP contribution is 2.22. The fourth-order valence-electron chi connectivity index (χ4n) is 1.35. The van der Waals surface area contributed by atoms with Gasteiger partial charge < -0.3 is 4.74 Å². The average molecular weight is 244 g/mol. The van der Waals surface area contributed by atoms with Gasteiger partial charge in [0.05, 0.1) is 4.88 Å². The summed E-state index contributed by atoms with van der Waals surface area (Å²) in [7, 11) is 0. The SMILES string of the molecule is O=Cc1ccc(OC/C=C/c2ccccc2)s1. The lowest BCUT2D eigenvalue weighted by Crippen LogP contribution is -1.90. The highest BCUT2D eigenvalue weighted by molar-refractivity contribution is 7.15. The summed E-state index contributed by atoms with van der Waals surface area (Å²) < 4.78 is 5.48. The van der Waals surface area contributed by atoms with E-state index in [1.165, 1.54) is 11.3 Å². The van der Waals surface area contributed by atoms with Crippen LogP contribution in [-0.2, 0) is 0 Å². The summed E-state index contributed by atoms with van der Waals surface area (Å²) in [5, 5.41) is 0.768. The van der Waals surface area contributed by atoms with Gasteiger partial charge in [-0.25, -0.2) is 0 Å². The van der Waals surface area contributed by atoms with E-state index in [4.69, 9.17) is 4.74 Å². The summed E-state index contributed by atoms with van der Waals surface area (Å²) in [5.74, 6) is 0. The molecule has 0 amide bonds. The van der Waals surface area contributed by atoms with Crippen LogP contribution in [0.1, 0.15) is 15.2 Å². The molecule has 2 nitrogen and oxygen atoms in total. The molecule has 0 saturated carbocycles. The molecule has 3 heteroatoms. The lowest BCUT2D eigenvalue weighted by molar-refractivity contribution is 0.112. The van der Waals surface area contributed by atoms with Crippen molar-refractivity contribution in [3.8, 4) is 5.06 Å². The molecule has 0 fully saturated rings. The van der Waals surface area contributed by atoms with Gasteiger partial charge in [-0.05, 0) is 23.8 Å². The van der Waals surface area contributed by atoms with Gasteiger partial charge in [0.15, 0.2) is 11.3 Å². The van der Waals surface area contributed by atoms with E-state index in [1.54, 1.807) is 6.07 Å². The van der Waals surface area contributed by atoms with Gasteiger partial charge in [0.25, 0.3) is 0 Å². The van der Waals surface area contributed by atoms with Crippen molar-refractivity contribution in [2.75, 3.05) is 6.61 Å². The monoisotopic (exact) mass is 244 g/mol. The number of thiophene rings is 1. The Morgan fingerprint density at radius 1 is 1.12 bits per heavy atom. The van der Waals surface area contributed by atoms with Crippen molar-refractivity contribution in [2.45, 2.75) is 0 Å². The van der Waals surface area contributed by atoms with E-state index in [0.29, 0.717) is 11.5 Å². The minimum atomic E-state index is 0.508. The van der Waals surface area contributed by atoms with E-state index >= 15 is 0 Å². The van der Waals surface area contributed by atoms with Crippen molar-refractivity contribution in [1.29, 1.82) is 0 Å². The topological polar surface area (TPSA) is 26.3 Å². The molecule has 86 valence electrons. The third kappa shape index (κ3) is 3.57. The first kappa shape index (κ1) is 11.6. The second-order valence-corrected chi connectivity index (χ2v) is 4.48. The van der Waals surface area contributed by atoms with E-state index in [0.717, 1.165) is 16.9 Å². The minimum absolute atomic E-state index is 0.508. The summed E-state index contributed by atoms with van der Waals surface area (Å²) in [5.41, 5.74) is 1.15. The maximum Gasteiger partial charge on any atom is 0.174 e. The maximum absolute atomic E-state index is 10.5. The maximum atomic E-state index is 10.5. The Morgan fingerprint density at radius 3 is 2.65 bits per heavy atom. The predicted octanol–water partition coefficient (Wildman–Crippen LogP) is 3.65. The third-order valence-corrected chi connectivity index (χ3v) is 3.07. The molecule has 0 spiro atoms. The van der Waals surface area contributed by atoms with Crippen LogP contribution in [0.25, 0.3) is 6.08 Å². The first-order valence-corrected chi connectivity index (χ1v) is 6.09. The molecule has 0 bridgehead atoms. The highest BCUT2D eigenvalue weighted by atomic mass is 32.1. The number of hydrogen-bond acceptors (Lipinski definition) is 3. The Labute approximate surface area is 104 Å². The minimum Gasteiger partial charge on any atom is -0.480 e. The molecular weight excluding hydrogens is 232 g/mol. The summed E-state index contributed by atoms with van der Waals surface area (Å²) in [6, 6.07) is 13.6. The van der Waals surface area contributed by atoms with E-state index in [-0.39, 0.29) is 0 Å². The standard InChI is InChI=1S/C14H12O2S/c15-11-13-8-9-14(17-13)16-10-4-7-12-5-2-1-3-6-12/h1-9,11H,10H2/b7-4+. The van der Waals surface area contributed by atoms with Gasteiger partial charge in [0.2, 0.25) is 0 Å². The zero-order valence-corrected chi connectivity index (χ0v) is 10.0. The summed E-state index contributed by atoms with van der Waals surface area (Å²) >= 11 is 1.35. The van der Waals surface area contributed by atoms with E-state index in [9.17, 15) is 4.79 Å². The number of aldehydes is 1. The highest BCUT2D eigenvalue weighted by Gasteiger charge is 1.97. The van der Waals surface area contributed by atoms with Gasteiger partial charge in [-0.3, -0.25) is 4.79 Å². The largest absolute Gasteiger partial charge is 0.480 e. The predicted molar refractivity (Wildman–Crippen MR) is 70.7 cm³/mol. The Bertz CT molecular complexity index is 500. The number of ether oxygens (including phenoxy) is 1. The zero-order chi connectivity index (χ0) is 11.9. The molecule has 17 heavy (non-hydrogen) atoms. The molecule has 0 N–H and O–H groups in total. The van der Waals surface area contributed by atoms with E-state index in [2.05, 4.69) is 0 Å². The molecule has 0 atom stereocenters. The smallest absolute Gasteiger partial charge is 0.174 e. The first-order chi connectivity index (χ1) is 8.38. The molecule has 0 saturated heterocycles. The van der Waals surface area contributed by atoms with Crippen molar-refractivity contribution < 1.29 is 9.53 Å². The zero-order valence-electron chi connectivity index (χ0n) is 9.21. The van der Waals surface area contributed by atoms with E-state index in [1.807, 2.05) is 48.6 Å². The van der Waals surface area contributed by atoms with Crippen molar-refractivity contribution >= 4 is 23.7 Å². The number of rotatable bonds is 5. The molecular formula is C14H12O2S. The van der Waals surface area contributed by atoms with Gasteiger partial charge in [-0.15, -0.1) is 0 Å². The molecule has 2 aromatic rings. The van der Waals surface area contributed by atoms with Crippen LogP contribution in [0.2, 0.25) is 0 Å². The van der Waals surface area contributed by atoms with Gasteiger partial charge in [0, 0.05) is 0 Å². The second-order valence-electron chi connectivity index (χ2n) is 3.40. The van der Waals surface area contributed by atoms with Crippen LogP contribution in [0, 0.1) is 0 Å².